The van der Waals surface area contributed by atoms with Gasteiger partial charge in [-0.05, 0) is 18.1 Å². The van der Waals surface area contributed by atoms with E-state index in [9.17, 15) is 0 Å². The number of rotatable bonds is 1. The van der Waals surface area contributed by atoms with Crippen molar-refractivity contribution in [2.75, 3.05) is 0 Å². The third kappa shape index (κ3) is 8.06. The highest BCUT2D eigenvalue weighted by molar-refractivity contribution is 6.30. The zero-order chi connectivity index (χ0) is 10.8. The van der Waals surface area contributed by atoms with Gasteiger partial charge in [-0.15, -0.1) is 0 Å². The molecule has 1 aromatic heterocycles. The molecule has 0 radical (unpaired) electrons. The van der Waals surface area contributed by atoms with E-state index in [1.54, 1.807) is 24.5 Å². The predicted molar refractivity (Wildman–Crippen MR) is 63.6 cm³/mol. The van der Waals surface area contributed by atoms with Crippen LogP contribution < -0.4 is 0 Å². The maximum atomic E-state index is 5.48. The maximum absolute atomic E-state index is 5.48. The number of hydrogen-bond donors (Lipinski definition) is 0. The highest BCUT2D eigenvalue weighted by atomic mass is 35.5. The molecule has 0 saturated heterocycles. The number of pyridine rings is 1. The van der Waals surface area contributed by atoms with E-state index < -0.39 is 0 Å². The van der Waals surface area contributed by atoms with E-state index in [4.69, 9.17) is 11.6 Å². The second kappa shape index (κ2) is 9.01. The lowest BCUT2D eigenvalue weighted by Gasteiger charge is -1.79. The molecule has 80 valence electrons. The lowest BCUT2D eigenvalue weighted by atomic mass is 10.3. The van der Waals surface area contributed by atoms with E-state index in [0.29, 0.717) is 5.02 Å². The summed E-state index contributed by atoms with van der Waals surface area (Å²) < 4.78 is 0. The van der Waals surface area contributed by atoms with E-state index in [2.05, 4.69) is 11.9 Å². The van der Waals surface area contributed by atoms with Crippen LogP contribution in [-0.2, 0) is 0 Å². The van der Waals surface area contributed by atoms with Gasteiger partial charge in [0.2, 0.25) is 0 Å². The van der Waals surface area contributed by atoms with Crippen LogP contribution in [0.2, 0.25) is 5.02 Å². The average Bonchev–Trinajstić information content (AvgIpc) is 3.06. The zero-order valence-electron chi connectivity index (χ0n) is 9.33. The van der Waals surface area contributed by atoms with Crippen LogP contribution in [0.5, 0.6) is 0 Å². The minimum atomic E-state index is 0.683. The summed E-state index contributed by atoms with van der Waals surface area (Å²) in [6.45, 7) is 6.26. The van der Waals surface area contributed by atoms with Crippen molar-refractivity contribution in [3.05, 3.63) is 29.5 Å². The van der Waals surface area contributed by atoms with Crippen LogP contribution in [0.4, 0.5) is 0 Å². The Morgan fingerprint density at radius 3 is 2.21 bits per heavy atom. The van der Waals surface area contributed by atoms with E-state index in [1.165, 1.54) is 19.3 Å². The van der Waals surface area contributed by atoms with Crippen molar-refractivity contribution in [1.82, 2.24) is 4.98 Å². The number of aromatic nitrogens is 1. The Morgan fingerprint density at radius 1 is 1.43 bits per heavy atom. The summed E-state index contributed by atoms with van der Waals surface area (Å²) >= 11 is 5.48. The standard InChI is InChI=1S/C5H4ClN.C5H10.C2H6/c6-5-2-1-3-7-4-5;1-2-5-3-4-5;1-2/h1-4H;5H,2-4H2,1H3;1-2H3. The molecule has 14 heavy (non-hydrogen) atoms. The first kappa shape index (κ1) is 13.4. The maximum Gasteiger partial charge on any atom is 0.0589 e. The molecule has 1 aromatic rings. The van der Waals surface area contributed by atoms with Gasteiger partial charge in [0.1, 0.15) is 0 Å². The molecule has 0 unspecified atom stereocenters. The Morgan fingerprint density at radius 2 is 2.07 bits per heavy atom. The van der Waals surface area contributed by atoms with Gasteiger partial charge in [-0.1, -0.05) is 51.6 Å². The van der Waals surface area contributed by atoms with Crippen molar-refractivity contribution in [1.29, 1.82) is 0 Å². The van der Waals surface area contributed by atoms with Gasteiger partial charge in [-0.3, -0.25) is 4.98 Å². The first-order valence-electron chi connectivity index (χ1n) is 5.38. The Kier molecular flexibility index (Phi) is 8.65. The molecule has 1 fully saturated rings. The molecule has 1 aliphatic rings. The summed E-state index contributed by atoms with van der Waals surface area (Å²) in [5.41, 5.74) is 0. The zero-order valence-corrected chi connectivity index (χ0v) is 10.1. The molecule has 0 N–H and O–H groups in total. The minimum Gasteiger partial charge on any atom is -0.263 e. The Labute approximate surface area is 92.5 Å². The Balaban J connectivity index is 0.000000213. The fourth-order valence-electron chi connectivity index (χ4n) is 0.868. The summed E-state index contributed by atoms with van der Waals surface area (Å²) in [4.78, 5) is 3.75. The van der Waals surface area contributed by atoms with E-state index in [0.717, 1.165) is 5.92 Å². The van der Waals surface area contributed by atoms with Crippen molar-refractivity contribution < 1.29 is 0 Å². The van der Waals surface area contributed by atoms with Gasteiger partial charge < -0.3 is 0 Å². The fourth-order valence-corrected chi connectivity index (χ4v) is 0.997. The van der Waals surface area contributed by atoms with Gasteiger partial charge >= 0.3 is 0 Å². The molecular formula is C12H20ClN. The van der Waals surface area contributed by atoms with Crippen molar-refractivity contribution in [2.45, 2.75) is 40.0 Å². The quantitative estimate of drug-likeness (QED) is 0.666. The summed E-state index contributed by atoms with van der Waals surface area (Å²) in [7, 11) is 0. The smallest absolute Gasteiger partial charge is 0.0589 e. The molecule has 1 heterocycles. The molecule has 2 rings (SSSR count). The molecule has 0 amide bonds. The van der Waals surface area contributed by atoms with Gasteiger partial charge in [-0.25, -0.2) is 0 Å². The van der Waals surface area contributed by atoms with Gasteiger partial charge in [0, 0.05) is 12.4 Å². The minimum absolute atomic E-state index is 0.683. The topological polar surface area (TPSA) is 12.9 Å². The fraction of sp³-hybridized carbons (Fsp3) is 0.583. The van der Waals surface area contributed by atoms with Crippen molar-refractivity contribution >= 4 is 11.6 Å². The molecule has 0 aliphatic heterocycles. The molecule has 0 spiro atoms. The van der Waals surface area contributed by atoms with Crippen molar-refractivity contribution in [2.24, 2.45) is 5.92 Å². The molecule has 1 aliphatic carbocycles. The van der Waals surface area contributed by atoms with Crippen LogP contribution in [-0.4, -0.2) is 4.98 Å². The predicted octanol–water partition coefficient (Wildman–Crippen LogP) is 4.57. The number of nitrogens with zero attached hydrogens (tertiary/aromatic N) is 1. The second-order valence-electron chi connectivity index (χ2n) is 3.02. The van der Waals surface area contributed by atoms with Crippen LogP contribution in [0.3, 0.4) is 0 Å². The molecule has 1 nitrogen and oxygen atoms in total. The highest BCUT2D eigenvalue weighted by Gasteiger charge is 2.17. The van der Waals surface area contributed by atoms with E-state index in [1.807, 2.05) is 13.8 Å². The lowest BCUT2D eigenvalue weighted by Crippen LogP contribution is -1.64. The Hall–Kier alpha value is -0.560. The second-order valence-corrected chi connectivity index (χ2v) is 3.46. The van der Waals surface area contributed by atoms with Gasteiger partial charge in [0.05, 0.1) is 5.02 Å². The van der Waals surface area contributed by atoms with Crippen LogP contribution in [0.25, 0.3) is 0 Å². The van der Waals surface area contributed by atoms with Crippen LogP contribution >= 0.6 is 11.6 Å². The van der Waals surface area contributed by atoms with Crippen molar-refractivity contribution in [3.63, 3.8) is 0 Å². The third-order valence-corrected chi connectivity index (χ3v) is 2.12. The summed E-state index contributed by atoms with van der Waals surface area (Å²) in [5.74, 6) is 1.13. The molecular weight excluding hydrogens is 194 g/mol. The number of halogens is 1. The molecule has 2 heteroatoms. The van der Waals surface area contributed by atoms with Gasteiger partial charge in [0.25, 0.3) is 0 Å². The molecule has 0 bridgehead atoms. The summed E-state index contributed by atoms with van der Waals surface area (Å²) in [6.07, 6.45) is 7.72. The normalized spacial score (nSPS) is 13.1. The van der Waals surface area contributed by atoms with Gasteiger partial charge in [-0.2, -0.15) is 0 Å². The average molecular weight is 214 g/mol. The number of hydrogen-bond acceptors (Lipinski definition) is 1. The van der Waals surface area contributed by atoms with Crippen LogP contribution in [0, 0.1) is 5.92 Å². The molecule has 1 saturated carbocycles. The Bertz CT molecular complexity index is 207. The molecule has 0 aromatic carbocycles. The third-order valence-electron chi connectivity index (χ3n) is 1.90. The lowest BCUT2D eigenvalue weighted by molar-refractivity contribution is 0.799. The van der Waals surface area contributed by atoms with E-state index in [-0.39, 0.29) is 0 Å². The highest BCUT2D eigenvalue weighted by Crippen LogP contribution is 2.31. The SMILES string of the molecule is CC.CCC1CC1.Clc1cccnc1. The summed E-state index contributed by atoms with van der Waals surface area (Å²) in [5, 5.41) is 0.683. The van der Waals surface area contributed by atoms with Crippen LogP contribution in [0.1, 0.15) is 40.0 Å². The van der Waals surface area contributed by atoms with Crippen molar-refractivity contribution in [3.8, 4) is 0 Å². The summed E-state index contributed by atoms with van der Waals surface area (Å²) in [6, 6.07) is 3.58. The monoisotopic (exact) mass is 213 g/mol. The largest absolute Gasteiger partial charge is 0.263 e. The van der Waals surface area contributed by atoms with E-state index >= 15 is 0 Å². The first-order chi connectivity index (χ1) is 6.83. The first-order valence-corrected chi connectivity index (χ1v) is 5.76. The molecule has 0 atom stereocenters. The van der Waals surface area contributed by atoms with Gasteiger partial charge in [0.15, 0.2) is 0 Å². The van der Waals surface area contributed by atoms with Crippen LogP contribution in [0.15, 0.2) is 24.5 Å².